The summed E-state index contributed by atoms with van der Waals surface area (Å²) in [5.41, 5.74) is 0.732. The lowest BCUT2D eigenvalue weighted by atomic mass is 9.94. The second-order valence-corrected chi connectivity index (χ2v) is 6.66. The fraction of sp³-hybridized carbons (Fsp3) is 0.556. The van der Waals surface area contributed by atoms with Gasteiger partial charge in [0.2, 0.25) is 11.8 Å². The number of benzene rings is 1. The van der Waals surface area contributed by atoms with E-state index in [0.717, 1.165) is 25.2 Å². The van der Waals surface area contributed by atoms with Gasteiger partial charge in [0.05, 0.1) is 18.7 Å². The van der Waals surface area contributed by atoms with Crippen LogP contribution in [0.3, 0.4) is 0 Å². The zero-order valence-electron chi connectivity index (χ0n) is 14.2. The number of para-hydroxylation sites is 2. The molecule has 3 rings (SSSR count). The van der Waals surface area contributed by atoms with Crippen molar-refractivity contribution < 1.29 is 14.3 Å². The molecule has 0 spiro atoms. The Morgan fingerprint density at radius 1 is 1.38 bits per heavy atom. The Bertz CT molecular complexity index is 619. The van der Waals surface area contributed by atoms with E-state index < -0.39 is 0 Å². The molecule has 2 fully saturated rings. The minimum Gasteiger partial charge on any atom is -0.495 e. The maximum absolute atomic E-state index is 12.6. The normalized spacial score (nSPS) is 27.2. The number of carbonyl (C=O) groups excluding carboxylic acids is 2. The number of nitrogens with one attached hydrogen (secondary N) is 2. The molecule has 3 atom stereocenters. The molecule has 2 amide bonds. The van der Waals surface area contributed by atoms with Crippen molar-refractivity contribution in [3.63, 3.8) is 0 Å². The van der Waals surface area contributed by atoms with Crippen LogP contribution in [0.5, 0.6) is 5.75 Å². The van der Waals surface area contributed by atoms with Crippen molar-refractivity contribution in [3.05, 3.63) is 24.3 Å². The van der Waals surface area contributed by atoms with Crippen molar-refractivity contribution in [1.29, 1.82) is 0 Å². The summed E-state index contributed by atoms with van der Waals surface area (Å²) in [5, 5.41) is 6.47. The number of anilines is 1. The van der Waals surface area contributed by atoms with Crippen LogP contribution in [-0.2, 0) is 9.59 Å². The predicted molar refractivity (Wildman–Crippen MR) is 92.0 cm³/mol. The number of hydrogen-bond acceptors (Lipinski definition) is 4. The molecular weight excluding hydrogens is 306 g/mol. The Balaban J connectivity index is 1.67. The largest absolute Gasteiger partial charge is 0.495 e. The first kappa shape index (κ1) is 16.8. The summed E-state index contributed by atoms with van der Waals surface area (Å²) in [4.78, 5) is 26.7. The lowest BCUT2D eigenvalue weighted by Gasteiger charge is -2.31. The first-order valence-corrected chi connectivity index (χ1v) is 8.54. The number of nitrogens with zero attached hydrogens (tertiary/aromatic N) is 1. The van der Waals surface area contributed by atoms with E-state index in [1.807, 2.05) is 24.3 Å². The fourth-order valence-electron chi connectivity index (χ4n) is 3.50. The molecule has 6 nitrogen and oxygen atoms in total. The molecule has 0 aliphatic carbocycles. The van der Waals surface area contributed by atoms with Crippen molar-refractivity contribution >= 4 is 17.5 Å². The van der Waals surface area contributed by atoms with Gasteiger partial charge in [-0.25, -0.2) is 0 Å². The van der Waals surface area contributed by atoms with Gasteiger partial charge in [-0.3, -0.25) is 9.59 Å². The quantitative estimate of drug-likeness (QED) is 0.869. The van der Waals surface area contributed by atoms with Crippen LogP contribution in [0.4, 0.5) is 5.69 Å². The Labute approximate surface area is 142 Å². The zero-order valence-corrected chi connectivity index (χ0v) is 14.2. The number of methoxy groups -OCH3 is 1. The average Bonchev–Trinajstić information content (AvgIpc) is 2.98. The van der Waals surface area contributed by atoms with Gasteiger partial charge < -0.3 is 20.3 Å². The molecule has 0 aromatic heterocycles. The Hall–Kier alpha value is -2.08. The van der Waals surface area contributed by atoms with Crippen molar-refractivity contribution in [3.8, 4) is 5.75 Å². The Morgan fingerprint density at radius 2 is 2.17 bits per heavy atom. The molecule has 6 heteroatoms. The van der Waals surface area contributed by atoms with Crippen LogP contribution in [0, 0.1) is 11.8 Å². The minimum absolute atomic E-state index is 0.0144. The number of rotatable bonds is 4. The average molecular weight is 331 g/mol. The molecule has 1 aromatic carbocycles. The first-order chi connectivity index (χ1) is 11.6. The van der Waals surface area contributed by atoms with E-state index in [4.69, 9.17) is 4.74 Å². The fourth-order valence-corrected chi connectivity index (χ4v) is 3.50. The summed E-state index contributed by atoms with van der Waals surface area (Å²) in [6.07, 6.45) is 1.19. The SMILES string of the molecule is COc1ccccc1N1CC(C(=O)NC2CCNCC2C)CC1=O. The van der Waals surface area contributed by atoms with E-state index in [2.05, 4.69) is 17.6 Å². The smallest absolute Gasteiger partial charge is 0.227 e. The standard InChI is InChI=1S/C18H25N3O3/c1-12-10-19-8-7-14(12)20-18(23)13-9-17(22)21(11-13)15-5-3-4-6-16(15)24-2/h3-6,12-14,19H,7-11H2,1-2H3,(H,20,23). The van der Waals surface area contributed by atoms with Gasteiger partial charge in [0.15, 0.2) is 0 Å². The van der Waals surface area contributed by atoms with Crippen molar-refractivity contribution in [2.24, 2.45) is 11.8 Å². The summed E-state index contributed by atoms with van der Waals surface area (Å²) >= 11 is 0. The Kier molecular flexibility index (Phi) is 5.04. The highest BCUT2D eigenvalue weighted by Gasteiger charge is 2.37. The molecule has 2 aliphatic heterocycles. The van der Waals surface area contributed by atoms with Gasteiger partial charge >= 0.3 is 0 Å². The maximum atomic E-state index is 12.6. The van der Waals surface area contributed by atoms with Crippen LogP contribution >= 0.6 is 0 Å². The van der Waals surface area contributed by atoms with Gasteiger partial charge in [-0.1, -0.05) is 19.1 Å². The molecule has 2 heterocycles. The number of piperidine rings is 1. The molecule has 0 saturated carbocycles. The second kappa shape index (κ2) is 7.21. The highest BCUT2D eigenvalue weighted by atomic mass is 16.5. The van der Waals surface area contributed by atoms with E-state index in [-0.39, 0.29) is 30.2 Å². The molecule has 24 heavy (non-hydrogen) atoms. The summed E-state index contributed by atoms with van der Waals surface area (Å²) in [6.45, 7) is 4.39. The van der Waals surface area contributed by atoms with Gasteiger partial charge in [0.1, 0.15) is 5.75 Å². The van der Waals surface area contributed by atoms with E-state index in [9.17, 15) is 9.59 Å². The van der Waals surface area contributed by atoms with E-state index in [0.29, 0.717) is 18.2 Å². The van der Waals surface area contributed by atoms with Crippen molar-refractivity contribution in [1.82, 2.24) is 10.6 Å². The van der Waals surface area contributed by atoms with Gasteiger partial charge in [-0.05, 0) is 37.6 Å². The molecule has 1 aromatic rings. The number of ether oxygens (including phenoxy) is 1. The lowest BCUT2D eigenvalue weighted by Crippen LogP contribution is -2.50. The number of amides is 2. The highest BCUT2D eigenvalue weighted by molar-refractivity contribution is 6.01. The number of carbonyl (C=O) groups is 2. The molecule has 0 radical (unpaired) electrons. The third-order valence-corrected chi connectivity index (χ3v) is 4.98. The lowest BCUT2D eigenvalue weighted by molar-refractivity contribution is -0.127. The van der Waals surface area contributed by atoms with Crippen LogP contribution in [0.15, 0.2) is 24.3 Å². The van der Waals surface area contributed by atoms with Gasteiger partial charge in [-0.2, -0.15) is 0 Å². The molecule has 2 aliphatic rings. The van der Waals surface area contributed by atoms with Crippen molar-refractivity contribution in [2.75, 3.05) is 31.6 Å². The van der Waals surface area contributed by atoms with Crippen LogP contribution in [0.2, 0.25) is 0 Å². The summed E-state index contributed by atoms with van der Waals surface area (Å²) in [7, 11) is 1.59. The van der Waals surface area contributed by atoms with E-state index in [1.165, 1.54) is 0 Å². The molecule has 0 bridgehead atoms. The van der Waals surface area contributed by atoms with Gasteiger partial charge in [-0.15, -0.1) is 0 Å². The van der Waals surface area contributed by atoms with Crippen LogP contribution in [-0.4, -0.2) is 44.6 Å². The molecule has 2 N–H and O–H groups in total. The predicted octanol–water partition coefficient (Wildman–Crippen LogP) is 1.16. The minimum atomic E-state index is -0.301. The monoisotopic (exact) mass is 331 g/mol. The maximum Gasteiger partial charge on any atom is 0.227 e. The van der Waals surface area contributed by atoms with Gasteiger partial charge in [0, 0.05) is 19.0 Å². The molecule has 130 valence electrons. The van der Waals surface area contributed by atoms with E-state index in [1.54, 1.807) is 12.0 Å². The third-order valence-electron chi connectivity index (χ3n) is 4.98. The van der Waals surface area contributed by atoms with Crippen molar-refractivity contribution in [2.45, 2.75) is 25.8 Å². The zero-order chi connectivity index (χ0) is 17.1. The molecule has 2 saturated heterocycles. The van der Waals surface area contributed by atoms with E-state index >= 15 is 0 Å². The molecular formula is C18H25N3O3. The van der Waals surface area contributed by atoms with Gasteiger partial charge in [0.25, 0.3) is 0 Å². The summed E-state index contributed by atoms with van der Waals surface area (Å²) in [5.74, 6) is 0.714. The first-order valence-electron chi connectivity index (χ1n) is 8.54. The van der Waals surface area contributed by atoms with Crippen LogP contribution in [0.25, 0.3) is 0 Å². The molecule has 3 unspecified atom stereocenters. The Morgan fingerprint density at radius 3 is 2.92 bits per heavy atom. The summed E-state index contributed by atoms with van der Waals surface area (Å²) in [6, 6.07) is 7.61. The van der Waals surface area contributed by atoms with Crippen LogP contribution in [0.1, 0.15) is 19.8 Å². The highest BCUT2D eigenvalue weighted by Crippen LogP contribution is 2.32. The topological polar surface area (TPSA) is 70.7 Å². The van der Waals surface area contributed by atoms with Crippen LogP contribution < -0.4 is 20.3 Å². The summed E-state index contributed by atoms with van der Waals surface area (Å²) < 4.78 is 5.34. The third kappa shape index (κ3) is 3.38. The second-order valence-electron chi connectivity index (χ2n) is 6.66. The number of hydrogen-bond donors (Lipinski definition) is 2.